The summed E-state index contributed by atoms with van der Waals surface area (Å²) in [5.41, 5.74) is 1.86. The molecule has 10 heteroatoms. The minimum Gasteiger partial charge on any atom is -0.444 e. The van der Waals surface area contributed by atoms with Crippen molar-refractivity contribution in [3.63, 3.8) is 0 Å². The molecule has 2 aliphatic heterocycles. The van der Waals surface area contributed by atoms with Gasteiger partial charge in [0.1, 0.15) is 6.61 Å². The number of anilines is 1. The summed E-state index contributed by atoms with van der Waals surface area (Å²) in [5.74, 6) is 0. The van der Waals surface area contributed by atoms with Crippen LogP contribution in [0.3, 0.4) is 0 Å². The Hall–Kier alpha value is -2.49. The fraction of sp³-hybridized carbons (Fsp3) is 0.350. The quantitative estimate of drug-likeness (QED) is 0.663. The van der Waals surface area contributed by atoms with Gasteiger partial charge in [0.05, 0.1) is 10.6 Å². The molecule has 0 radical (unpaired) electrons. The van der Waals surface area contributed by atoms with Gasteiger partial charge in [-0.2, -0.15) is 4.31 Å². The summed E-state index contributed by atoms with van der Waals surface area (Å²) in [6.45, 7) is 0.692. The minimum atomic E-state index is -3.74. The van der Waals surface area contributed by atoms with Crippen molar-refractivity contribution in [1.82, 2.24) is 4.31 Å². The van der Waals surface area contributed by atoms with Crippen molar-refractivity contribution in [1.29, 1.82) is 0 Å². The number of rotatable bonds is 4. The van der Waals surface area contributed by atoms with Gasteiger partial charge in [0.15, 0.2) is 7.05 Å². The van der Waals surface area contributed by atoms with Gasteiger partial charge in [-0.25, -0.2) is 13.2 Å². The van der Waals surface area contributed by atoms with Crippen LogP contribution < -0.4 is 4.90 Å². The van der Waals surface area contributed by atoms with Gasteiger partial charge in [-0.3, -0.25) is 4.90 Å². The van der Waals surface area contributed by atoms with Crippen LogP contribution in [-0.4, -0.2) is 49.8 Å². The molecule has 0 bridgehead atoms. The van der Waals surface area contributed by atoms with E-state index in [4.69, 9.17) is 16.3 Å². The van der Waals surface area contributed by atoms with Gasteiger partial charge in [-0.15, -0.1) is 0 Å². The van der Waals surface area contributed by atoms with Crippen molar-refractivity contribution in [3.8, 4) is 0 Å². The summed E-state index contributed by atoms with van der Waals surface area (Å²) in [6, 6.07) is 11.1. The van der Waals surface area contributed by atoms with E-state index in [9.17, 15) is 18.1 Å². The second-order valence-electron chi connectivity index (χ2n) is 7.33. The van der Waals surface area contributed by atoms with E-state index >= 15 is 0 Å². The molecule has 8 nitrogen and oxygen atoms in total. The topological polar surface area (TPSA) is 87.0 Å². The maximum absolute atomic E-state index is 13.0. The molecule has 30 heavy (non-hydrogen) atoms. The van der Waals surface area contributed by atoms with Crippen LogP contribution in [0.15, 0.2) is 47.4 Å². The highest BCUT2D eigenvalue weighted by Gasteiger charge is 2.37. The van der Waals surface area contributed by atoms with E-state index in [0.29, 0.717) is 22.6 Å². The Labute approximate surface area is 179 Å². The Morgan fingerprint density at radius 3 is 2.57 bits per heavy atom. The Morgan fingerprint density at radius 2 is 1.87 bits per heavy atom. The number of hydrogen-bond donors (Lipinski definition) is 0. The van der Waals surface area contributed by atoms with Crippen molar-refractivity contribution in [2.24, 2.45) is 0 Å². The molecule has 4 rings (SSSR count). The number of halogens is 1. The van der Waals surface area contributed by atoms with Gasteiger partial charge in [-0.05, 0) is 37.1 Å². The molecule has 158 valence electrons. The lowest BCUT2D eigenvalue weighted by atomic mass is 10.0. The van der Waals surface area contributed by atoms with Crippen LogP contribution in [0.1, 0.15) is 18.4 Å². The van der Waals surface area contributed by atoms with Crippen LogP contribution in [0.2, 0.25) is 5.02 Å². The molecule has 0 aromatic heterocycles. The molecule has 0 aliphatic carbocycles. The lowest BCUT2D eigenvalue weighted by Gasteiger charge is -2.39. The third-order valence-corrected chi connectivity index (χ3v) is 7.59. The number of nitrogens with zero attached hydrogens (tertiary/aromatic N) is 3. The number of carbonyl (C=O) groups excluding carboxylic acids is 1. The average Bonchev–Trinajstić information content (AvgIpc) is 2.74. The van der Waals surface area contributed by atoms with Gasteiger partial charge in [0, 0.05) is 51.5 Å². The SMILES string of the molecule is C[N+](=O)c1cccc(S(=O)(=O)N2CCC(N3C(=O)OCc4cc(Cl)ccc43)CC2)c1. The second-order valence-corrected chi connectivity index (χ2v) is 9.70. The fourth-order valence-electron chi connectivity index (χ4n) is 3.89. The van der Waals surface area contributed by atoms with Crippen LogP contribution in [0.5, 0.6) is 0 Å². The number of amides is 1. The standard InChI is InChI=1S/C20H21ClN3O5S/c1-22(26)17-3-2-4-18(12-17)30(27,28)23-9-7-16(8-10-23)24-19-6-5-15(21)11-14(19)13-29-20(24)25/h2-6,11-12,16H,7-10,13H2,1H3/q+1. The van der Waals surface area contributed by atoms with Crippen molar-refractivity contribution in [2.45, 2.75) is 30.4 Å². The number of cyclic esters (lactones) is 1. The van der Waals surface area contributed by atoms with Gasteiger partial charge in [0.25, 0.3) is 5.69 Å². The summed E-state index contributed by atoms with van der Waals surface area (Å²) in [4.78, 5) is 25.7. The Bertz CT molecular complexity index is 1110. The highest BCUT2D eigenvalue weighted by Crippen LogP contribution is 2.34. The van der Waals surface area contributed by atoms with Crippen LogP contribution in [0.25, 0.3) is 0 Å². The van der Waals surface area contributed by atoms with E-state index in [2.05, 4.69) is 0 Å². The number of benzene rings is 2. The third kappa shape index (κ3) is 3.80. The minimum absolute atomic E-state index is 0.0820. The van der Waals surface area contributed by atoms with E-state index in [0.717, 1.165) is 11.3 Å². The first kappa shape index (κ1) is 20.8. The van der Waals surface area contributed by atoms with Gasteiger partial charge >= 0.3 is 6.09 Å². The first-order chi connectivity index (χ1) is 14.3. The normalized spacial score (nSPS) is 18.1. The molecule has 2 heterocycles. The maximum Gasteiger partial charge on any atom is 0.414 e. The Balaban J connectivity index is 1.52. The van der Waals surface area contributed by atoms with Crippen molar-refractivity contribution in [2.75, 3.05) is 25.0 Å². The van der Waals surface area contributed by atoms with E-state index in [1.165, 1.54) is 23.5 Å². The molecule has 0 unspecified atom stereocenters. The summed E-state index contributed by atoms with van der Waals surface area (Å²) in [5, 5.41) is 0.568. The number of fused-ring (bicyclic) bond motifs is 1. The number of carbonyl (C=O) groups is 1. The number of sulfonamides is 1. The molecule has 0 atom stereocenters. The zero-order valence-corrected chi connectivity index (χ0v) is 17.9. The number of ether oxygens (including phenoxy) is 1. The summed E-state index contributed by atoms with van der Waals surface area (Å²) >= 11 is 6.05. The Morgan fingerprint density at radius 1 is 1.13 bits per heavy atom. The van der Waals surface area contributed by atoms with Crippen LogP contribution in [-0.2, 0) is 21.4 Å². The summed E-state index contributed by atoms with van der Waals surface area (Å²) < 4.78 is 33.4. The molecule has 2 aliphatic rings. The number of piperidine rings is 1. The van der Waals surface area contributed by atoms with Crippen molar-refractivity contribution in [3.05, 3.63) is 58.0 Å². The smallest absolute Gasteiger partial charge is 0.414 e. The number of hydrogen-bond acceptors (Lipinski definition) is 5. The highest BCUT2D eigenvalue weighted by molar-refractivity contribution is 7.89. The van der Waals surface area contributed by atoms with E-state index < -0.39 is 16.1 Å². The largest absolute Gasteiger partial charge is 0.444 e. The zero-order valence-electron chi connectivity index (χ0n) is 16.3. The molecule has 0 N–H and O–H groups in total. The third-order valence-electron chi connectivity index (χ3n) is 5.46. The predicted octanol–water partition coefficient (Wildman–Crippen LogP) is 3.69. The van der Waals surface area contributed by atoms with Crippen molar-refractivity contribution >= 4 is 39.1 Å². The zero-order chi connectivity index (χ0) is 21.5. The lowest BCUT2D eigenvalue weighted by molar-refractivity contribution is -0.428. The van der Waals surface area contributed by atoms with Crippen LogP contribution in [0.4, 0.5) is 16.2 Å². The van der Waals surface area contributed by atoms with Gasteiger partial charge < -0.3 is 4.74 Å². The van der Waals surface area contributed by atoms with Crippen molar-refractivity contribution < 1.29 is 22.7 Å². The van der Waals surface area contributed by atoms with Gasteiger partial charge in [0.2, 0.25) is 10.0 Å². The van der Waals surface area contributed by atoms with E-state index in [1.807, 2.05) is 0 Å². The number of nitroso groups, excluding NO2 is 1. The first-order valence-electron chi connectivity index (χ1n) is 9.53. The second kappa shape index (κ2) is 7.98. The summed E-state index contributed by atoms with van der Waals surface area (Å²) in [7, 11) is -2.42. The maximum atomic E-state index is 13.0. The summed E-state index contributed by atoms with van der Waals surface area (Å²) in [6.07, 6.45) is 0.507. The predicted molar refractivity (Wildman–Crippen MR) is 112 cm³/mol. The lowest BCUT2D eigenvalue weighted by Crippen LogP contribution is -2.50. The average molecular weight is 451 g/mol. The molecule has 0 saturated carbocycles. The fourth-order valence-corrected chi connectivity index (χ4v) is 5.59. The molecule has 2 aromatic carbocycles. The molecule has 1 amide bonds. The molecule has 0 spiro atoms. The molecular formula is C20H21ClN3O5S+. The highest BCUT2D eigenvalue weighted by atomic mass is 35.5. The first-order valence-corrected chi connectivity index (χ1v) is 11.3. The van der Waals surface area contributed by atoms with Gasteiger partial charge in [-0.1, -0.05) is 17.7 Å². The molecular weight excluding hydrogens is 430 g/mol. The molecule has 2 aromatic rings. The molecule has 1 fully saturated rings. The van der Waals surface area contributed by atoms with Crippen LogP contribution >= 0.6 is 11.6 Å². The monoisotopic (exact) mass is 450 g/mol. The Kier molecular flexibility index (Phi) is 5.52. The van der Waals surface area contributed by atoms with E-state index in [-0.39, 0.29) is 36.3 Å². The van der Waals surface area contributed by atoms with E-state index in [1.54, 1.807) is 35.2 Å². The van der Waals surface area contributed by atoms with Crippen LogP contribution in [0, 0.1) is 4.91 Å². The molecule has 1 saturated heterocycles.